The number of alkyl halides is 1. The maximum atomic E-state index is 13.8. The highest BCUT2D eigenvalue weighted by atomic mass is 79.9. The van der Waals surface area contributed by atoms with Gasteiger partial charge >= 0.3 is 0 Å². The lowest BCUT2D eigenvalue weighted by Gasteiger charge is -2.16. The molecule has 0 saturated carbocycles. The van der Waals surface area contributed by atoms with Crippen molar-refractivity contribution in [3.63, 3.8) is 0 Å². The van der Waals surface area contributed by atoms with E-state index in [0.29, 0.717) is 0 Å². The van der Waals surface area contributed by atoms with Gasteiger partial charge in [-0.25, -0.2) is 8.78 Å². The quantitative estimate of drug-likeness (QED) is 0.615. The molecule has 0 heterocycles. The molecule has 0 saturated heterocycles. The second-order valence-electron chi connectivity index (χ2n) is 4.49. The molecule has 0 fully saturated rings. The first-order valence-electron chi connectivity index (χ1n) is 5.76. The van der Waals surface area contributed by atoms with Crippen molar-refractivity contribution in [3.05, 3.63) is 68.7 Å². The van der Waals surface area contributed by atoms with Crippen LogP contribution in [-0.2, 0) is 0 Å². The van der Waals surface area contributed by atoms with Crippen LogP contribution in [0.15, 0.2) is 34.8 Å². The summed E-state index contributed by atoms with van der Waals surface area (Å²) in [5.74, 6) is -1.23. The maximum absolute atomic E-state index is 13.8. The Bertz CT molecular complexity index is 626. The smallest absolute Gasteiger partial charge is 0.131 e. The molecule has 0 N–H and O–H groups in total. The summed E-state index contributed by atoms with van der Waals surface area (Å²) >= 11 is 9.78. The van der Waals surface area contributed by atoms with Gasteiger partial charge in [-0.15, -0.1) is 11.6 Å². The first-order chi connectivity index (χ1) is 8.90. The molecule has 19 heavy (non-hydrogen) atoms. The number of halogens is 4. The summed E-state index contributed by atoms with van der Waals surface area (Å²) in [5, 5.41) is -0.632. The number of benzene rings is 2. The van der Waals surface area contributed by atoms with Gasteiger partial charge in [-0.1, -0.05) is 28.1 Å². The molecule has 2 aromatic rings. The van der Waals surface area contributed by atoms with Crippen LogP contribution in [0.25, 0.3) is 0 Å². The molecule has 2 aromatic carbocycles. The topological polar surface area (TPSA) is 0 Å². The monoisotopic (exact) mass is 344 g/mol. The minimum Gasteiger partial charge on any atom is -0.207 e. The first-order valence-corrected chi connectivity index (χ1v) is 6.98. The molecular weight excluding hydrogens is 334 g/mol. The summed E-state index contributed by atoms with van der Waals surface area (Å²) in [4.78, 5) is 0. The number of aryl methyl sites for hydroxylation is 2. The summed E-state index contributed by atoms with van der Waals surface area (Å²) in [6.07, 6.45) is 0. The molecule has 0 radical (unpaired) electrons. The predicted octanol–water partition coefficient (Wildman–Crippen LogP) is 5.67. The molecule has 2 rings (SSSR count). The van der Waals surface area contributed by atoms with Gasteiger partial charge in [0.1, 0.15) is 11.6 Å². The van der Waals surface area contributed by atoms with E-state index in [4.69, 9.17) is 11.6 Å². The third-order valence-corrected chi connectivity index (χ3v) is 4.38. The van der Waals surface area contributed by atoms with Crippen LogP contribution in [0.4, 0.5) is 8.78 Å². The van der Waals surface area contributed by atoms with Crippen LogP contribution in [0, 0.1) is 25.5 Å². The van der Waals surface area contributed by atoms with Gasteiger partial charge in [0.2, 0.25) is 0 Å². The Morgan fingerprint density at radius 1 is 1.00 bits per heavy atom. The molecule has 0 aliphatic heterocycles. The number of hydrogen-bond donors (Lipinski definition) is 0. The second kappa shape index (κ2) is 5.59. The van der Waals surface area contributed by atoms with E-state index in [0.717, 1.165) is 27.2 Å². The summed E-state index contributed by atoms with van der Waals surface area (Å²) in [7, 11) is 0. The zero-order chi connectivity index (χ0) is 14.2. The first kappa shape index (κ1) is 14.5. The fourth-order valence-corrected chi connectivity index (χ4v) is 2.82. The lowest BCUT2D eigenvalue weighted by molar-refractivity contribution is 0.573. The average Bonchev–Trinajstić information content (AvgIpc) is 2.33. The molecule has 1 atom stereocenters. The van der Waals surface area contributed by atoms with Gasteiger partial charge in [-0.3, -0.25) is 0 Å². The predicted molar refractivity (Wildman–Crippen MR) is 77.7 cm³/mol. The Kier molecular flexibility index (Phi) is 4.26. The highest BCUT2D eigenvalue weighted by Crippen LogP contribution is 2.35. The van der Waals surface area contributed by atoms with E-state index >= 15 is 0 Å². The van der Waals surface area contributed by atoms with Crippen LogP contribution in [0.1, 0.15) is 27.6 Å². The Labute approximate surface area is 124 Å². The molecule has 0 amide bonds. The van der Waals surface area contributed by atoms with Gasteiger partial charge in [0.05, 0.1) is 5.38 Å². The zero-order valence-electron chi connectivity index (χ0n) is 10.5. The molecule has 4 heteroatoms. The van der Waals surface area contributed by atoms with E-state index < -0.39 is 17.0 Å². The minimum atomic E-state index is -0.632. The lowest BCUT2D eigenvalue weighted by Crippen LogP contribution is -2.01. The summed E-state index contributed by atoms with van der Waals surface area (Å²) in [6.45, 7) is 3.86. The van der Waals surface area contributed by atoms with Crippen LogP contribution in [0.2, 0.25) is 0 Å². The largest absolute Gasteiger partial charge is 0.207 e. The van der Waals surface area contributed by atoms with Crippen molar-refractivity contribution in [2.75, 3.05) is 0 Å². The SMILES string of the molecule is Cc1cc(C(Cl)c2ccc(F)cc2F)c(C)cc1Br. The maximum Gasteiger partial charge on any atom is 0.131 e. The molecule has 0 nitrogen and oxygen atoms in total. The third kappa shape index (κ3) is 2.98. The third-order valence-electron chi connectivity index (χ3n) is 3.06. The van der Waals surface area contributed by atoms with E-state index in [-0.39, 0.29) is 5.56 Å². The Morgan fingerprint density at radius 2 is 1.68 bits per heavy atom. The average molecular weight is 346 g/mol. The van der Waals surface area contributed by atoms with Crippen molar-refractivity contribution in [2.45, 2.75) is 19.2 Å². The standard InChI is InChI=1S/C15H12BrClF2/c1-8-6-13(16)9(2)5-12(8)15(17)11-4-3-10(18)7-14(11)19/h3-7,15H,1-2H3. The van der Waals surface area contributed by atoms with Crippen LogP contribution in [0.3, 0.4) is 0 Å². The van der Waals surface area contributed by atoms with Crippen molar-refractivity contribution in [1.29, 1.82) is 0 Å². The van der Waals surface area contributed by atoms with Gasteiger partial charge in [0, 0.05) is 16.1 Å². The van der Waals surface area contributed by atoms with E-state index in [1.54, 1.807) is 0 Å². The lowest BCUT2D eigenvalue weighted by atomic mass is 9.98. The Morgan fingerprint density at radius 3 is 2.32 bits per heavy atom. The van der Waals surface area contributed by atoms with Crippen molar-refractivity contribution in [3.8, 4) is 0 Å². The molecule has 0 bridgehead atoms. The van der Waals surface area contributed by atoms with Crippen LogP contribution >= 0.6 is 27.5 Å². The van der Waals surface area contributed by atoms with Gasteiger partial charge in [-0.05, 0) is 42.7 Å². The molecule has 0 aromatic heterocycles. The highest BCUT2D eigenvalue weighted by molar-refractivity contribution is 9.10. The molecule has 1 unspecified atom stereocenters. The minimum absolute atomic E-state index is 0.285. The molecular formula is C15H12BrClF2. The Balaban J connectivity index is 2.49. The van der Waals surface area contributed by atoms with Gasteiger partial charge in [0.25, 0.3) is 0 Å². The normalized spacial score (nSPS) is 12.5. The van der Waals surface area contributed by atoms with Gasteiger partial charge in [0.15, 0.2) is 0 Å². The van der Waals surface area contributed by atoms with Crippen LogP contribution < -0.4 is 0 Å². The van der Waals surface area contributed by atoms with E-state index in [9.17, 15) is 8.78 Å². The molecule has 0 spiro atoms. The van der Waals surface area contributed by atoms with Gasteiger partial charge in [-0.2, -0.15) is 0 Å². The van der Waals surface area contributed by atoms with Crippen molar-refractivity contribution in [2.24, 2.45) is 0 Å². The summed E-state index contributed by atoms with van der Waals surface area (Å²) in [6, 6.07) is 7.32. The van der Waals surface area contributed by atoms with Crippen LogP contribution in [0.5, 0.6) is 0 Å². The van der Waals surface area contributed by atoms with Crippen molar-refractivity contribution < 1.29 is 8.78 Å². The highest BCUT2D eigenvalue weighted by Gasteiger charge is 2.18. The molecule has 100 valence electrons. The number of hydrogen-bond acceptors (Lipinski definition) is 0. The van der Waals surface area contributed by atoms with E-state index in [1.165, 1.54) is 12.1 Å². The molecule has 0 aliphatic carbocycles. The summed E-state index contributed by atoms with van der Waals surface area (Å²) in [5.41, 5.74) is 3.09. The summed E-state index contributed by atoms with van der Waals surface area (Å²) < 4.78 is 27.7. The van der Waals surface area contributed by atoms with E-state index in [2.05, 4.69) is 15.9 Å². The van der Waals surface area contributed by atoms with Crippen LogP contribution in [-0.4, -0.2) is 0 Å². The fraction of sp³-hybridized carbons (Fsp3) is 0.200. The van der Waals surface area contributed by atoms with E-state index in [1.807, 2.05) is 26.0 Å². The van der Waals surface area contributed by atoms with Crippen molar-refractivity contribution >= 4 is 27.5 Å². The Hall–Kier alpha value is -0.930. The van der Waals surface area contributed by atoms with Gasteiger partial charge < -0.3 is 0 Å². The fourth-order valence-electron chi connectivity index (χ4n) is 1.95. The second-order valence-corrected chi connectivity index (χ2v) is 5.78. The number of rotatable bonds is 2. The van der Waals surface area contributed by atoms with Crippen molar-refractivity contribution in [1.82, 2.24) is 0 Å². The zero-order valence-corrected chi connectivity index (χ0v) is 12.8. The molecule has 0 aliphatic rings.